The van der Waals surface area contributed by atoms with Crippen LogP contribution in [0, 0.1) is 0 Å². The summed E-state index contributed by atoms with van der Waals surface area (Å²) in [5.74, 6) is 1.26. The highest BCUT2D eigenvalue weighted by Gasteiger charge is 2.10. The van der Waals surface area contributed by atoms with Gasteiger partial charge in [0.1, 0.15) is 11.5 Å². The molecule has 0 amide bonds. The number of nitrogens with zero attached hydrogens (tertiary/aromatic N) is 4. The zero-order valence-electron chi connectivity index (χ0n) is 15.9. The molecule has 0 atom stereocenters. The SMILES string of the molecule is O=C(O)c1cccc(-c2ccc(CNCCSc3nnnn3-c3ccccc3)o2)c1. The average molecular weight is 421 g/mol. The van der Waals surface area contributed by atoms with Gasteiger partial charge in [-0.25, -0.2) is 4.79 Å². The molecule has 2 N–H and O–H groups in total. The summed E-state index contributed by atoms with van der Waals surface area (Å²) < 4.78 is 7.55. The number of furan rings is 1. The van der Waals surface area contributed by atoms with E-state index in [1.54, 1.807) is 34.6 Å². The molecule has 0 aliphatic carbocycles. The third-order valence-corrected chi connectivity index (χ3v) is 5.23. The van der Waals surface area contributed by atoms with Crippen LogP contribution in [0.15, 0.2) is 76.3 Å². The van der Waals surface area contributed by atoms with Crippen molar-refractivity contribution in [3.05, 3.63) is 78.1 Å². The molecule has 0 aliphatic rings. The van der Waals surface area contributed by atoms with E-state index in [0.29, 0.717) is 12.3 Å². The fraction of sp³-hybridized carbons (Fsp3) is 0.143. The van der Waals surface area contributed by atoms with Gasteiger partial charge in [0.05, 0.1) is 17.8 Å². The largest absolute Gasteiger partial charge is 0.478 e. The maximum Gasteiger partial charge on any atom is 0.335 e. The molecule has 2 aromatic carbocycles. The molecule has 2 heterocycles. The van der Waals surface area contributed by atoms with Crippen LogP contribution in [-0.2, 0) is 6.54 Å². The van der Waals surface area contributed by atoms with Crippen LogP contribution in [0.25, 0.3) is 17.0 Å². The lowest BCUT2D eigenvalue weighted by molar-refractivity contribution is 0.0697. The Hall–Kier alpha value is -3.43. The highest BCUT2D eigenvalue weighted by atomic mass is 32.2. The summed E-state index contributed by atoms with van der Waals surface area (Å²) in [6.45, 7) is 1.32. The third-order valence-electron chi connectivity index (χ3n) is 4.31. The molecule has 0 bridgehead atoms. The summed E-state index contributed by atoms with van der Waals surface area (Å²) in [4.78, 5) is 11.1. The Morgan fingerprint density at radius 2 is 1.97 bits per heavy atom. The van der Waals surface area contributed by atoms with Crippen LogP contribution in [0.3, 0.4) is 0 Å². The minimum absolute atomic E-state index is 0.235. The van der Waals surface area contributed by atoms with Crippen LogP contribution >= 0.6 is 11.8 Å². The highest BCUT2D eigenvalue weighted by molar-refractivity contribution is 7.99. The number of aromatic carboxylic acids is 1. The lowest BCUT2D eigenvalue weighted by Gasteiger charge is -2.05. The van der Waals surface area contributed by atoms with Crippen LogP contribution < -0.4 is 5.32 Å². The predicted molar refractivity (Wildman–Crippen MR) is 113 cm³/mol. The molecule has 0 spiro atoms. The van der Waals surface area contributed by atoms with Crippen molar-refractivity contribution in [2.24, 2.45) is 0 Å². The molecule has 0 saturated carbocycles. The van der Waals surface area contributed by atoms with Gasteiger partial charge in [-0.15, -0.1) is 5.10 Å². The number of benzene rings is 2. The first kappa shape index (κ1) is 19.9. The number of carboxylic acids is 1. The van der Waals surface area contributed by atoms with Crippen molar-refractivity contribution in [2.75, 3.05) is 12.3 Å². The quantitative estimate of drug-likeness (QED) is 0.312. The second kappa shape index (κ2) is 9.38. The summed E-state index contributed by atoms with van der Waals surface area (Å²) in [5.41, 5.74) is 1.90. The van der Waals surface area contributed by atoms with Crippen LogP contribution in [0.1, 0.15) is 16.1 Å². The minimum Gasteiger partial charge on any atom is -0.478 e. The van der Waals surface area contributed by atoms with Crippen molar-refractivity contribution >= 4 is 17.7 Å². The molecule has 0 fully saturated rings. The molecule has 8 nitrogen and oxygen atoms in total. The van der Waals surface area contributed by atoms with Gasteiger partial charge in [0.15, 0.2) is 0 Å². The van der Waals surface area contributed by atoms with E-state index >= 15 is 0 Å². The van der Waals surface area contributed by atoms with Gasteiger partial charge in [0.25, 0.3) is 0 Å². The number of aromatic nitrogens is 4. The molecule has 0 unspecified atom stereocenters. The summed E-state index contributed by atoms with van der Waals surface area (Å²) in [5, 5.41) is 25.1. The van der Waals surface area contributed by atoms with E-state index in [0.717, 1.165) is 34.5 Å². The van der Waals surface area contributed by atoms with Gasteiger partial charge in [0, 0.05) is 17.9 Å². The molecule has 0 radical (unpaired) electrons. The number of carbonyl (C=O) groups is 1. The molecular weight excluding hydrogens is 402 g/mol. The number of carboxylic acid groups (broad SMARTS) is 1. The van der Waals surface area contributed by atoms with E-state index in [1.165, 1.54) is 0 Å². The number of hydrogen-bond donors (Lipinski definition) is 2. The Bertz CT molecular complexity index is 1130. The number of nitrogens with one attached hydrogen (secondary N) is 1. The summed E-state index contributed by atoms with van der Waals surface area (Å²) in [6, 6.07) is 20.2. The molecule has 2 aromatic heterocycles. The number of rotatable bonds is 9. The van der Waals surface area contributed by atoms with Gasteiger partial charge in [-0.05, 0) is 46.8 Å². The minimum atomic E-state index is -0.957. The Balaban J connectivity index is 1.27. The first-order chi connectivity index (χ1) is 14.7. The Kier molecular flexibility index (Phi) is 6.21. The average Bonchev–Trinajstić information content (AvgIpc) is 3.44. The fourth-order valence-electron chi connectivity index (χ4n) is 2.86. The second-order valence-electron chi connectivity index (χ2n) is 6.39. The highest BCUT2D eigenvalue weighted by Crippen LogP contribution is 2.23. The molecule has 4 rings (SSSR count). The maximum absolute atomic E-state index is 11.1. The Labute approximate surface area is 176 Å². The fourth-order valence-corrected chi connectivity index (χ4v) is 3.65. The lowest BCUT2D eigenvalue weighted by Crippen LogP contribution is -2.16. The maximum atomic E-state index is 11.1. The van der Waals surface area contributed by atoms with Gasteiger partial charge >= 0.3 is 5.97 Å². The van der Waals surface area contributed by atoms with Gasteiger partial charge in [-0.3, -0.25) is 0 Å². The van der Waals surface area contributed by atoms with E-state index in [1.807, 2.05) is 48.5 Å². The molecule has 4 aromatic rings. The summed E-state index contributed by atoms with van der Waals surface area (Å²) in [6.07, 6.45) is 0. The third kappa shape index (κ3) is 4.76. The topological polar surface area (TPSA) is 106 Å². The zero-order valence-corrected chi connectivity index (χ0v) is 16.7. The van der Waals surface area contributed by atoms with Crippen LogP contribution in [0.5, 0.6) is 0 Å². The van der Waals surface area contributed by atoms with E-state index in [9.17, 15) is 4.79 Å². The van der Waals surface area contributed by atoms with E-state index in [4.69, 9.17) is 9.52 Å². The van der Waals surface area contributed by atoms with Crippen molar-refractivity contribution in [2.45, 2.75) is 11.7 Å². The number of tetrazole rings is 1. The monoisotopic (exact) mass is 421 g/mol. The van der Waals surface area contributed by atoms with Gasteiger partial charge < -0.3 is 14.8 Å². The van der Waals surface area contributed by atoms with Gasteiger partial charge in [0.2, 0.25) is 5.16 Å². The van der Waals surface area contributed by atoms with Crippen molar-refractivity contribution in [1.29, 1.82) is 0 Å². The van der Waals surface area contributed by atoms with Crippen molar-refractivity contribution in [3.63, 3.8) is 0 Å². The van der Waals surface area contributed by atoms with E-state index in [2.05, 4.69) is 20.8 Å². The van der Waals surface area contributed by atoms with Gasteiger partial charge in [-0.2, -0.15) is 4.68 Å². The van der Waals surface area contributed by atoms with E-state index in [-0.39, 0.29) is 5.56 Å². The normalized spacial score (nSPS) is 10.9. The van der Waals surface area contributed by atoms with E-state index < -0.39 is 5.97 Å². The first-order valence-corrected chi connectivity index (χ1v) is 10.3. The molecule has 152 valence electrons. The summed E-state index contributed by atoms with van der Waals surface area (Å²) >= 11 is 1.57. The van der Waals surface area contributed by atoms with Crippen molar-refractivity contribution < 1.29 is 14.3 Å². The van der Waals surface area contributed by atoms with Gasteiger partial charge in [-0.1, -0.05) is 42.1 Å². The number of thioether (sulfide) groups is 1. The Morgan fingerprint density at radius 1 is 1.10 bits per heavy atom. The standard InChI is InChI=1S/C21H19N5O3S/c27-20(28)16-6-4-5-15(13-16)19-10-9-18(29-19)14-22-11-12-30-21-23-24-25-26(21)17-7-2-1-3-8-17/h1-10,13,22H,11-12,14H2,(H,27,28). The lowest BCUT2D eigenvalue weighted by atomic mass is 10.1. The van der Waals surface area contributed by atoms with Crippen LogP contribution in [0.2, 0.25) is 0 Å². The molecule has 0 saturated heterocycles. The molecule has 30 heavy (non-hydrogen) atoms. The predicted octanol–water partition coefficient (Wildman–Crippen LogP) is 3.50. The number of hydrogen-bond acceptors (Lipinski definition) is 7. The molecule has 0 aliphatic heterocycles. The van der Waals surface area contributed by atoms with Crippen molar-refractivity contribution in [1.82, 2.24) is 25.5 Å². The van der Waals surface area contributed by atoms with Crippen molar-refractivity contribution in [3.8, 4) is 17.0 Å². The zero-order chi connectivity index (χ0) is 20.8. The smallest absolute Gasteiger partial charge is 0.335 e. The summed E-state index contributed by atoms with van der Waals surface area (Å²) in [7, 11) is 0. The Morgan fingerprint density at radius 3 is 2.80 bits per heavy atom. The second-order valence-corrected chi connectivity index (χ2v) is 7.45. The number of para-hydroxylation sites is 1. The first-order valence-electron chi connectivity index (χ1n) is 9.30. The van der Waals surface area contributed by atoms with Crippen LogP contribution in [-0.4, -0.2) is 43.6 Å². The molecule has 9 heteroatoms. The van der Waals surface area contributed by atoms with Crippen LogP contribution in [0.4, 0.5) is 0 Å². The molecular formula is C21H19N5O3S.